The van der Waals surface area contributed by atoms with Crippen LogP contribution in [0.3, 0.4) is 0 Å². The van der Waals surface area contributed by atoms with E-state index in [0.29, 0.717) is 0 Å². The van der Waals surface area contributed by atoms with Gasteiger partial charge < -0.3 is 9.84 Å². The average Bonchev–Trinajstić information content (AvgIpc) is 2.26. The topological polar surface area (TPSA) is 112 Å². The van der Waals surface area contributed by atoms with Gasteiger partial charge in [-0.2, -0.15) is 5.26 Å². The highest BCUT2D eigenvalue weighted by Crippen LogP contribution is 2.16. The molecule has 1 rings (SSSR count). The Labute approximate surface area is 109 Å². The lowest BCUT2D eigenvalue weighted by Crippen LogP contribution is -2.28. The fourth-order valence-corrected chi connectivity index (χ4v) is 1.20. The molecule has 1 amide bonds. The van der Waals surface area contributed by atoms with E-state index in [-0.39, 0.29) is 11.4 Å². The molecule has 1 aromatic rings. The van der Waals surface area contributed by atoms with E-state index in [1.165, 1.54) is 12.1 Å². The number of rotatable bonds is 2. The maximum absolute atomic E-state index is 11.5. The number of hydrogen-bond donors (Lipinski definition) is 2. The molecule has 0 atom stereocenters. The summed E-state index contributed by atoms with van der Waals surface area (Å²) in [6, 6.07) is 4.32. The molecule has 0 spiro atoms. The molecular formula is C12H13N3O4. The summed E-state index contributed by atoms with van der Waals surface area (Å²) >= 11 is 0. The number of carboxylic acid groups (broad SMARTS) is 1. The lowest BCUT2D eigenvalue weighted by molar-refractivity contribution is 0.0636. The van der Waals surface area contributed by atoms with Crippen LogP contribution >= 0.6 is 0 Å². The molecular weight excluding hydrogens is 250 g/mol. The predicted octanol–water partition coefficient (Wildman–Crippen LogP) is 2.00. The fourth-order valence-electron chi connectivity index (χ4n) is 1.20. The molecule has 0 saturated heterocycles. The summed E-state index contributed by atoms with van der Waals surface area (Å²) in [4.78, 5) is 26.1. The van der Waals surface area contributed by atoms with E-state index >= 15 is 0 Å². The van der Waals surface area contributed by atoms with E-state index in [9.17, 15) is 9.59 Å². The Kier molecular flexibility index (Phi) is 4.07. The van der Waals surface area contributed by atoms with Crippen LogP contribution in [0.5, 0.6) is 0 Å². The van der Waals surface area contributed by atoms with Crippen LogP contribution in [0, 0.1) is 11.3 Å². The van der Waals surface area contributed by atoms with Crippen molar-refractivity contribution in [3.63, 3.8) is 0 Å². The molecule has 1 aromatic heterocycles. The molecule has 19 heavy (non-hydrogen) atoms. The fraction of sp³-hybridized carbons (Fsp3) is 0.333. The van der Waals surface area contributed by atoms with Gasteiger partial charge in [-0.25, -0.2) is 14.6 Å². The van der Waals surface area contributed by atoms with Gasteiger partial charge in [-0.1, -0.05) is 0 Å². The molecule has 0 fully saturated rings. The first-order valence-electron chi connectivity index (χ1n) is 5.37. The van der Waals surface area contributed by atoms with Gasteiger partial charge in [0, 0.05) is 0 Å². The lowest BCUT2D eigenvalue weighted by atomic mass is 10.2. The Morgan fingerprint density at radius 3 is 2.53 bits per heavy atom. The van der Waals surface area contributed by atoms with Crippen LogP contribution in [0.25, 0.3) is 0 Å². The van der Waals surface area contributed by atoms with Crippen LogP contribution in [0.2, 0.25) is 0 Å². The monoisotopic (exact) mass is 263 g/mol. The summed E-state index contributed by atoms with van der Waals surface area (Å²) in [7, 11) is 0. The minimum absolute atomic E-state index is 0.0271. The first-order chi connectivity index (χ1) is 8.73. The largest absolute Gasteiger partial charge is 0.476 e. The van der Waals surface area contributed by atoms with E-state index in [1.54, 1.807) is 26.8 Å². The minimum Gasteiger partial charge on any atom is -0.476 e. The Bertz CT molecular complexity index is 555. The van der Waals surface area contributed by atoms with Gasteiger partial charge in [0.05, 0.1) is 5.69 Å². The van der Waals surface area contributed by atoms with E-state index in [1.807, 2.05) is 0 Å². The average molecular weight is 263 g/mol. The maximum Gasteiger partial charge on any atom is 0.412 e. The van der Waals surface area contributed by atoms with Crippen molar-refractivity contribution in [2.24, 2.45) is 0 Å². The molecule has 100 valence electrons. The number of anilines is 1. The van der Waals surface area contributed by atoms with Crippen molar-refractivity contribution in [1.82, 2.24) is 4.98 Å². The second kappa shape index (κ2) is 5.35. The summed E-state index contributed by atoms with van der Waals surface area (Å²) in [5, 5.41) is 19.9. The molecule has 0 aliphatic rings. The molecule has 0 radical (unpaired) electrons. The zero-order valence-corrected chi connectivity index (χ0v) is 10.7. The zero-order valence-electron chi connectivity index (χ0n) is 10.7. The zero-order chi connectivity index (χ0) is 14.6. The van der Waals surface area contributed by atoms with Crippen LogP contribution in [0.15, 0.2) is 12.1 Å². The van der Waals surface area contributed by atoms with Gasteiger partial charge in [0.25, 0.3) is 0 Å². The SMILES string of the molecule is CC(C)(C)OC(=O)Nc1ccc(C#N)nc1C(=O)O. The van der Waals surface area contributed by atoms with E-state index in [0.717, 1.165) is 0 Å². The van der Waals surface area contributed by atoms with Crippen LogP contribution in [-0.2, 0) is 4.74 Å². The molecule has 0 unspecified atom stereocenters. The highest BCUT2D eigenvalue weighted by molar-refractivity contribution is 5.97. The standard InChI is InChI=1S/C12H13N3O4/c1-12(2,3)19-11(18)15-8-5-4-7(6-13)14-9(8)10(16)17/h4-5H,1-3H3,(H,15,18)(H,16,17). The van der Waals surface area contributed by atoms with Crippen molar-refractivity contribution < 1.29 is 19.4 Å². The molecule has 0 aliphatic carbocycles. The summed E-state index contributed by atoms with van der Waals surface area (Å²) in [6.07, 6.45) is -0.790. The van der Waals surface area contributed by atoms with Crippen molar-refractivity contribution in [2.75, 3.05) is 5.32 Å². The van der Waals surface area contributed by atoms with E-state index in [4.69, 9.17) is 15.1 Å². The van der Waals surface area contributed by atoms with Crippen LogP contribution in [-0.4, -0.2) is 27.8 Å². The number of nitrogens with one attached hydrogen (secondary N) is 1. The van der Waals surface area contributed by atoms with E-state index < -0.39 is 23.4 Å². The van der Waals surface area contributed by atoms with Crippen molar-refractivity contribution in [1.29, 1.82) is 5.26 Å². The Balaban J connectivity index is 2.99. The molecule has 0 saturated carbocycles. The highest BCUT2D eigenvalue weighted by Gasteiger charge is 2.19. The molecule has 2 N–H and O–H groups in total. The number of nitrogens with zero attached hydrogens (tertiary/aromatic N) is 2. The smallest absolute Gasteiger partial charge is 0.412 e. The number of amides is 1. The maximum atomic E-state index is 11.5. The first-order valence-corrected chi connectivity index (χ1v) is 5.37. The number of hydrogen-bond acceptors (Lipinski definition) is 5. The normalized spacial score (nSPS) is 10.4. The molecule has 0 bridgehead atoms. The van der Waals surface area contributed by atoms with Crippen LogP contribution in [0.1, 0.15) is 37.0 Å². The lowest BCUT2D eigenvalue weighted by Gasteiger charge is -2.19. The molecule has 0 aliphatic heterocycles. The van der Waals surface area contributed by atoms with Crippen molar-refractivity contribution in [3.8, 4) is 6.07 Å². The number of carbonyl (C=O) groups excluding carboxylic acids is 1. The van der Waals surface area contributed by atoms with Gasteiger partial charge in [-0.15, -0.1) is 0 Å². The van der Waals surface area contributed by atoms with Gasteiger partial charge in [-0.3, -0.25) is 5.32 Å². The van der Waals surface area contributed by atoms with E-state index in [2.05, 4.69) is 10.3 Å². The number of carboxylic acids is 1. The second-order valence-corrected chi connectivity index (χ2v) is 4.64. The van der Waals surface area contributed by atoms with Gasteiger partial charge in [0.2, 0.25) is 0 Å². The Morgan fingerprint density at radius 2 is 2.05 bits per heavy atom. The van der Waals surface area contributed by atoms with Gasteiger partial charge in [0.15, 0.2) is 5.69 Å². The second-order valence-electron chi connectivity index (χ2n) is 4.64. The summed E-state index contributed by atoms with van der Waals surface area (Å²) < 4.78 is 5.00. The molecule has 0 aromatic carbocycles. The van der Waals surface area contributed by atoms with Crippen LogP contribution in [0.4, 0.5) is 10.5 Å². The number of pyridine rings is 1. The first kappa shape index (κ1) is 14.4. The van der Waals surface area contributed by atoms with Crippen LogP contribution < -0.4 is 5.32 Å². The molecule has 7 heteroatoms. The molecule has 7 nitrogen and oxygen atoms in total. The van der Waals surface area contributed by atoms with Crippen molar-refractivity contribution in [3.05, 3.63) is 23.5 Å². The van der Waals surface area contributed by atoms with Gasteiger partial charge in [0.1, 0.15) is 17.4 Å². The highest BCUT2D eigenvalue weighted by atomic mass is 16.6. The quantitative estimate of drug-likeness (QED) is 0.843. The number of carbonyl (C=O) groups is 2. The number of ether oxygens (including phenoxy) is 1. The third-order valence-corrected chi connectivity index (χ3v) is 1.85. The van der Waals surface area contributed by atoms with Crippen molar-refractivity contribution >= 4 is 17.7 Å². The van der Waals surface area contributed by atoms with Crippen molar-refractivity contribution in [2.45, 2.75) is 26.4 Å². The third kappa shape index (κ3) is 4.27. The number of aromatic carboxylic acids is 1. The Morgan fingerprint density at radius 1 is 1.42 bits per heavy atom. The van der Waals surface area contributed by atoms with Gasteiger partial charge in [-0.05, 0) is 32.9 Å². The molecule has 1 heterocycles. The number of nitriles is 1. The van der Waals surface area contributed by atoms with Gasteiger partial charge >= 0.3 is 12.1 Å². The summed E-state index contributed by atoms with van der Waals surface area (Å²) in [5.74, 6) is -1.34. The predicted molar refractivity (Wildman–Crippen MR) is 65.8 cm³/mol. The summed E-state index contributed by atoms with van der Waals surface area (Å²) in [6.45, 7) is 5.05. The minimum atomic E-state index is -1.34. The number of aromatic nitrogens is 1. The Hall–Kier alpha value is -2.62. The third-order valence-electron chi connectivity index (χ3n) is 1.85. The summed E-state index contributed by atoms with van der Waals surface area (Å²) in [5.41, 5.74) is -1.19.